The molecule has 1 unspecified atom stereocenters. The van der Waals surface area contributed by atoms with Gasteiger partial charge in [0.05, 0.1) is 0 Å². The Morgan fingerprint density at radius 2 is 2.54 bits per heavy atom. The highest BCUT2D eigenvalue weighted by atomic mass is 32.2. The Balaban J connectivity index is 2.31. The van der Waals surface area contributed by atoms with Gasteiger partial charge in [0, 0.05) is 11.8 Å². The van der Waals surface area contributed by atoms with Crippen molar-refractivity contribution >= 4 is 23.1 Å². The molecule has 1 aromatic heterocycles. The predicted octanol–water partition coefficient (Wildman–Crippen LogP) is 1.88. The summed E-state index contributed by atoms with van der Waals surface area (Å²) in [5.41, 5.74) is 4.24. The number of thioether (sulfide) groups is 1. The SMILES string of the molecule is CCSCC(Cc1ccsc1)NN. The van der Waals surface area contributed by atoms with Gasteiger partial charge in [0.25, 0.3) is 0 Å². The minimum Gasteiger partial charge on any atom is -0.271 e. The highest BCUT2D eigenvalue weighted by Crippen LogP contribution is 2.11. The van der Waals surface area contributed by atoms with E-state index in [2.05, 4.69) is 29.2 Å². The standard InChI is InChI=1S/C9H16N2S2/c1-2-12-7-9(11-10)5-8-3-4-13-6-8/h3-4,6,9,11H,2,5,7,10H2,1H3. The highest BCUT2D eigenvalue weighted by Gasteiger charge is 2.06. The van der Waals surface area contributed by atoms with Crippen molar-refractivity contribution < 1.29 is 0 Å². The Morgan fingerprint density at radius 3 is 3.08 bits per heavy atom. The minimum absolute atomic E-state index is 0.402. The van der Waals surface area contributed by atoms with Gasteiger partial charge in [-0.25, -0.2) is 0 Å². The van der Waals surface area contributed by atoms with E-state index in [1.54, 1.807) is 11.3 Å². The molecule has 1 atom stereocenters. The van der Waals surface area contributed by atoms with Crippen molar-refractivity contribution in [2.45, 2.75) is 19.4 Å². The first-order valence-electron chi connectivity index (χ1n) is 4.41. The first-order valence-corrected chi connectivity index (χ1v) is 6.51. The summed E-state index contributed by atoms with van der Waals surface area (Å²) >= 11 is 3.66. The first kappa shape index (κ1) is 11.0. The second-order valence-electron chi connectivity index (χ2n) is 2.86. The van der Waals surface area contributed by atoms with Crippen LogP contribution < -0.4 is 11.3 Å². The number of hydrazine groups is 1. The van der Waals surface area contributed by atoms with Crippen LogP contribution in [0.15, 0.2) is 16.8 Å². The van der Waals surface area contributed by atoms with Crippen molar-refractivity contribution in [1.29, 1.82) is 0 Å². The molecule has 0 aromatic carbocycles. The lowest BCUT2D eigenvalue weighted by molar-refractivity contribution is 0.576. The maximum atomic E-state index is 5.47. The van der Waals surface area contributed by atoms with Gasteiger partial charge < -0.3 is 0 Å². The summed E-state index contributed by atoms with van der Waals surface area (Å²) in [5, 5.41) is 4.29. The van der Waals surface area contributed by atoms with Crippen LogP contribution in [0.25, 0.3) is 0 Å². The average molecular weight is 216 g/mol. The van der Waals surface area contributed by atoms with Crippen LogP contribution in [0, 0.1) is 0 Å². The molecule has 1 rings (SSSR count). The molecule has 4 heteroatoms. The number of thiophene rings is 1. The smallest absolute Gasteiger partial charge is 0.0341 e. The summed E-state index contributed by atoms with van der Waals surface area (Å²) in [5.74, 6) is 7.71. The lowest BCUT2D eigenvalue weighted by Crippen LogP contribution is -2.38. The third-order valence-corrected chi connectivity index (χ3v) is 3.60. The van der Waals surface area contributed by atoms with Crippen molar-refractivity contribution in [1.82, 2.24) is 5.43 Å². The molecule has 74 valence electrons. The average Bonchev–Trinajstić information content (AvgIpc) is 2.64. The highest BCUT2D eigenvalue weighted by molar-refractivity contribution is 7.99. The summed E-state index contributed by atoms with van der Waals surface area (Å²) in [4.78, 5) is 0. The van der Waals surface area contributed by atoms with E-state index in [4.69, 9.17) is 5.84 Å². The number of nitrogens with two attached hydrogens (primary N) is 1. The number of hydrogen-bond acceptors (Lipinski definition) is 4. The molecule has 0 radical (unpaired) electrons. The molecule has 1 heterocycles. The lowest BCUT2D eigenvalue weighted by atomic mass is 10.1. The molecule has 0 bridgehead atoms. The van der Waals surface area contributed by atoms with Gasteiger partial charge in [-0.3, -0.25) is 11.3 Å². The zero-order chi connectivity index (χ0) is 9.52. The molecule has 0 saturated carbocycles. The zero-order valence-corrected chi connectivity index (χ0v) is 9.46. The van der Waals surface area contributed by atoms with Crippen molar-refractivity contribution in [3.63, 3.8) is 0 Å². The maximum absolute atomic E-state index is 5.47. The van der Waals surface area contributed by atoms with Gasteiger partial charge >= 0.3 is 0 Å². The summed E-state index contributed by atoms with van der Waals surface area (Å²) in [6.45, 7) is 2.17. The molecule has 0 aliphatic carbocycles. The Kier molecular flexibility index (Phi) is 5.46. The zero-order valence-electron chi connectivity index (χ0n) is 7.82. The fourth-order valence-corrected chi connectivity index (χ4v) is 2.54. The van der Waals surface area contributed by atoms with Gasteiger partial charge in [0.1, 0.15) is 0 Å². The number of rotatable bonds is 6. The Morgan fingerprint density at radius 1 is 1.69 bits per heavy atom. The molecular formula is C9H16N2S2. The quantitative estimate of drug-likeness (QED) is 0.563. The normalized spacial score (nSPS) is 13.1. The molecule has 0 aliphatic heterocycles. The molecule has 2 nitrogen and oxygen atoms in total. The number of hydrogen-bond donors (Lipinski definition) is 2. The minimum atomic E-state index is 0.402. The summed E-state index contributed by atoms with van der Waals surface area (Å²) in [6, 6.07) is 2.56. The molecular weight excluding hydrogens is 200 g/mol. The van der Waals surface area contributed by atoms with Crippen molar-refractivity contribution in [3.05, 3.63) is 22.4 Å². The summed E-state index contributed by atoms with van der Waals surface area (Å²) < 4.78 is 0. The van der Waals surface area contributed by atoms with E-state index < -0.39 is 0 Å². The van der Waals surface area contributed by atoms with E-state index in [9.17, 15) is 0 Å². The first-order chi connectivity index (χ1) is 6.36. The van der Waals surface area contributed by atoms with Crippen LogP contribution in [0.1, 0.15) is 12.5 Å². The predicted molar refractivity (Wildman–Crippen MR) is 62.1 cm³/mol. The molecule has 0 fully saturated rings. The Labute approximate surface area is 87.9 Å². The van der Waals surface area contributed by atoms with Gasteiger partial charge in [0.2, 0.25) is 0 Å². The van der Waals surface area contributed by atoms with E-state index in [0.29, 0.717) is 6.04 Å². The molecule has 1 aromatic rings. The fraction of sp³-hybridized carbons (Fsp3) is 0.556. The number of nitrogens with one attached hydrogen (secondary N) is 1. The van der Waals surface area contributed by atoms with Crippen LogP contribution in [-0.4, -0.2) is 17.5 Å². The van der Waals surface area contributed by atoms with Crippen LogP contribution in [0.4, 0.5) is 0 Å². The molecule has 0 spiro atoms. The van der Waals surface area contributed by atoms with E-state index >= 15 is 0 Å². The van der Waals surface area contributed by atoms with Crippen LogP contribution >= 0.6 is 23.1 Å². The van der Waals surface area contributed by atoms with Crippen LogP contribution in [-0.2, 0) is 6.42 Å². The molecule has 13 heavy (non-hydrogen) atoms. The monoisotopic (exact) mass is 216 g/mol. The summed E-state index contributed by atoms with van der Waals surface area (Å²) in [6.07, 6.45) is 1.03. The van der Waals surface area contributed by atoms with E-state index in [-0.39, 0.29) is 0 Å². The van der Waals surface area contributed by atoms with E-state index in [0.717, 1.165) is 17.9 Å². The second kappa shape index (κ2) is 6.43. The van der Waals surface area contributed by atoms with Gasteiger partial charge in [0.15, 0.2) is 0 Å². The van der Waals surface area contributed by atoms with Crippen LogP contribution in [0.5, 0.6) is 0 Å². The van der Waals surface area contributed by atoms with Crippen LogP contribution in [0.2, 0.25) is 0 Å². The largest absolute Gasteiger partial charge is 0.271 e. The summed E-state index contributed by atoms with van der Waals surface area (Å²) in [7, 11) is 0. The van der Waals surface area contributed by atoms with Gasteiger partial charge in [-0.05, 0) is 34.6 Å². The molecule has 0 saturated heterocycles. The fourth-order valence-electron chi connectivity index (χ4n) is 1.12. The Bertz CT molecular complexity index is 211. The van der Waals surface area contributed by atoms with Crippen LogP contribution in [0.3, 0.4) is 0 Å². The third kappa shape index (κ3) is 4.13. The van der Waals surface area contributed by atoms with Crippen molar-refractivity contribution in [2.75, 3.05) is 11.5 Å². The van der Waals surface area contributed by atoms with Gasteiger partial charge in [-0.1, -0.05) is 6.92 Å². The molecule has 3 N–H and O–H groups in total. The van der Waals surface area contributed by atoms with Gasteiger partial charge in [-0.2, -0.15) is 23.1 Å². The third-order valence-electron chi connectivity index (χ3n) is 1.82. The Hall–Kier alpha value is -0.0300. The van der Waals surface area contributed by atoms with Crippen molar-refractivity contribution in [2.24, 2.45) is 5.84 Å². The van der Waals surface area contributed by atoms with E-state index in [1.165, 1.54) is 5.56 Å². The molecule has 0 amide bonds. The maximum Gasteiger partial charge on any atom is 0.0341 e. The topological polar surface area (TPSA) is 38.0 Å². The molecule has 0 aliphatic rings. The second-order valence-corrected chi connectivity index (χ2v) is 4.96. The van der Waals surface area contributed by atoms with Crippen molar-refractivity contribution in [3.8, 4) is 0 Å². The van der Waals surface area contributed by atoms with Gasteiger partial charge in [-0.15, -0.1) is 0 Å². The van der Waals surface area contributed by atoms with E-state index in [1.807, 2.05) is 11.8 Å². The lowest BCUT2D eigenvalue weighted by Gasteiger charge is -2.13.